The largest absolute Gasteiger partial charge is 0.444 e. The summed E-state index contributed by atoms with van der Waals surface area (Å²) in [5.74, 6) is 0. The molecule has 0 aliphatic rings. The number of nitrogens with one attached hydrogen (secondary N) is 1. The topological polar surface area (TPSA) is 47.6 Å². The first-order valence-electron chi connectivity index (χ1n) is 5.08. The molecular weight excluding hydrogens is 194 g/mol. The van der Waals surface area contributed by atoms with Crippen molar-refractivity contribution in [3.8, 4) is 0 Å². The van der Waals surface area contributed by atoms with Gasteiger partial charge in [0.25, 0.3) is 0 Å². The maximum atomic E-state index is 11.3. The van der Waals surface area contributed by atoms with Crippen LogP contribution in [0.5, 0.6) is 0 Å². The van der Waals surface area contributed by atoms with Gasteiger partial charge in [0.2, 0.25) is 0 Å². The minimum atomic E-state index is -0.489. The van der Waals surface area contributed by atoms with Crippen molar-refractivity contribution in [2.75, 3.05) is 7.11 Å². The lowest BCUT2D eigenvalue weighted by Gasteiger charge is -2.21. The first-order chi connectivity index (χ1) is 6.89. The van der Waals surface area contributed by atoms with E-state index in [2.05, 4.69) is 5.32 Å². The van der Waals surface area contributed by atoms with Gasteiger partial charge in [0.05, 0.1) is 0 Å². The molecule has 0 aromatic rings. The van der Waals surface area contributed by atoms with Crippen LogP contribution in [0.1, 0.15) is 34.1 Å². The molecule has 0 heterocycles. The number of hydrogen-bond donors (Lipinski definition) is 1. The van der Waals surface area contributed by atoms with Crippen molar-refractivity contribution in [3.05, 3.63) is 12.2 Å². The van der Waals surface area contributed by atoms with E-state index in [1.54, 1.807) is 6.08 Å². The Kier molecular flexibility index (Phi) is 6.01. The standard InChI is InChI=1S/C11H21NO3/c1-6-7-8-9(14-5)12-10(13)15-11(2,3)4/h7-9H,6H2,1-5H3,(H,12,13)/b8-7+. The van der Waals surface area contributed by atoms with Crippen LogP contribution in [0.2, 0.25) is 0 Å². The van der Waals surface area contributed by atoms with Crippen molar-refractivity contribution in [2.45, 2.75) is 45.9 Å². The maximum Gasteiger partial charge on any atom is 0.409 e. The number of ether oxygens (including phenoxy) is 2. The first-order valence-corrected chi connectivity index (χ1v) is 5.08. The predicted molar refractivity (Wildman–Crippen MR) is 59.6 cm³/mol. The van der Waals surface area contributed by atoms with Crippen LogP contribution in [0.15, 0.2) is 12.2 Å². The number of methoxy groups -OCH3 is 1. The molecule has 4 nitrogen and oxygen atoms in total. The second kappa shape index (κ2) is 6.45. The molecule has 1 unspecified atom stereocenters. The lowest BCUT2D eigenvalue weighted by atomic mass is 10.2. The van der Waals surface area contributed by atoms with Gasteiger partial charge >= 0.3 is 6.09 Å². The van der Waals surface area contributed by atoms with Gasteiger partial charge in [-0.05, 0) is 33.3 Å². The van der Waals surface area contributed by atoms with Crippen LogP contribution in [0.3, 0.4) is 0 Å². The highest BCUT2D eigenvalue weighted by Crippen LogP contribution is 2.06. The third-order valence-electron chi connectivity index (χ3n) is 1.46. The Morgan fingerprint density at radius 1 is 1.47 bits per heavy atom. The van der Waals surface area contributed by atoms with E-state index < -0.39 is 17.9 Å². The molecule has 0 bridgehead atoms. The molecule has 15 heavy (non-hydrogen) atoms. The molecule has 0 aromatic carbocycles. The van der Waals surface area contributed by atoms with Crippen LogP contribution < -0.4 is 5.32 Å². The van der Waals surface area contributed by atoms with Gasteiger partial charge in [0, 0.05) is 7.11 Å². The van der Waals surface area contributed by atoms with E-state index in [9.17, 15) is 4.79 Å². The van der Waals surface area contributed by atoms with Crippen molar-refractivity contribution in [1.82, 2.24) is 5.32 Å². The van der Waals surface area contributed by atoms with Crippen molar-refractivity contribution in [3.63, 3.8) is 0 Å². The highest BCUT2D eigenvalue weighted by atomic mass is 16.6. The molecule has 0 aromatic heterocycles. The summed E-state index contributed by atoms with van der Waals surface area (Å²) < 4.78 is 10.1. The van der Waals surface area contributed by atoms with E-state index in [0.717, 1.165) is 6.42 Å². The van der Waals surface area contributed by atoms with E-state index in [1.807, 2.05) is 33.8 Å². The summed E-state index contributed by atoms with van der Waals surface area (Å²) in [6.07, 6.45) is 3.69. The van der Waals surface area contributed by atoms with E-state index >= 15 is 0 Å². The minimum absolute atomic E-state index is 0.431. The SMILES string of the molecule is CC/C=C/C(NC(=O)OC(C)(C)C)OC. The lowest BCUT2D eigenvalue weighted by molar-refractivity contribution is 0.0344. The van der Waals surface area contributed by atoms with E-state index in [0.29, 0.717) is 0 Å². The van der Waals surface area contributed by atoms with Gasteiger partial charge in [0.1, 0.15) is 5.60 Å². The molecule has 0 spiro atoms. The van der Waals surface area contributed by atoms with Crippen LogP contribution in [0, 0.1) is 0 Å². The zero-order valence-electron chi connectivity index (χ0n) is 10.2. The number of carbonyl (C=O) groups is 1. The average Bonchev–Trinajstić information content (AvgIpc) is 2.09. The fourth-order valence-electron chi connectivity index (χ4n) is 0.869. The molecule has 0 aliphatic carbocycles. The van der Waals surface area contributed by atoms with Crippen LogP contribution in [0.4, 0.5) is 4.79 Å². The summed E-state index contributed by atoms with van der Waals surface area (Å²) in [4.78, 5) is 11.3. The molecular formula is C11H21NO3. The minimum Gasteiger partial charge on any atom is -0.444 e. The van der Waals surface area contributed by atoms with Crippen molar-refractivity contribution < 1.29 is 14.3 Å². The van der Waals surface area contributed by atoms with Gasteiger partial charge in [-0.25, -0.2) is 4.79 Å². The normalized spacial score (nSPS) is 13.9. The molecule has 88 valence electrons. The molecule has 0 saturated carbocycles. The summed E-state index contributed by atoms with van der Waals surface area (Å²) in [6.45, 7) is 7.46. The highest BCUT2D eigenvalue weighted by Gasteiger charge is 2.17. The van der Waals surface area contributed by atoms with Gasteiger partial charge in [0.15, 0.2) is 6.23 Å². The van der Waals surface area contributed by atoms with E-state index in [1.165, 1.54) is 7.11 Å². The molecule has 1 N–H and O–H groups in total. The summed E-state index contributed by atoms with van der Waals surface area (Å²) in [5.41, 5.74) is -0.489. The molecule has 0 saturated heterocycles. The number of hydrogen-bond acceptors (Lipinski definition) is 3. The van der Waals surface area contributed by atoms with Crippen molar-refractivity contribution in [1.29, 1.82) is 0 Å². The Labute approximate surface area is 91.6 Å². The molecule has 0 rings (SSSR count). The highest BCUT2D eigenvalue weighted by molar-refractivity contribution is 5.68. The summed E-state index contributed by atoms with van der Waals surface area (Å²) in [6, 6.07) is 0. The monoisotopic (exact) mass is 215 g/mol. The van der Waals surface area contributed by atoms with Crippen LogP contribution in [0.25, 0.3) is 0 Å². The predicted octanol–water partition coefficient (Wildman–Crippen LogP) is 2.45. The second-order valence-corrected chi connectivity index (χ2v) is 4.14. The average molecular weight is 215 g/mol. The Bertz CT molecular complexity index is 218. The van der Waals surface area contributed by atoms with Gasteiger partial charge in [-0.15, -0.1) is 0 Å². The molecule has 1 atom stereocenters. The third kappa shape index (κ3) is 8.00. The Morgan fingerprint density at radius 2 is 2.07 bits per heavy atom. The Hall–Kier alpha value is -1.03. The molecule has 0 aliphatic heterocycles. The zero-order valence-corrected chi connectivity index (χ0v) is 10.2. The first kappa shape index (κ1) is 14.0. The van der Waals surface area contributed by atoms with E-state index in [4.69, 9.17) is 9.47 Å². The van der Waals surface area contributed by atoms with Gasteiger partial charge < -0.3 is 9.47 Å². The number of allylic oxidation sites excluding steroid dienone is 1. The van der Waals surface area contributed by atoms with Gasteiger partial charge in [-0.1, -0.05) is 13.0 Å². The van der Waals surface area contributed by atoms with Gasteiger partial charge in [-0.3, -0.25) is 5.32 Å². The van der Waals surface area contributed by atoms with Crippen LogP contribution in [-0.4, -0.2) is 25.0 Å². The Balaban J connectivity index is 4.07. The summed E-state index contributed by atoms with van der Waals surface area (Å²) in [7, 11) is 1.53. The molecule has 0 radical (unpaired) electrons. The number of alkyl carbamates (subject to hydrolysis) is 1. The fraction of sp³-hybridized carbons (Fsp3) is 0.727. The molecule has 1 amide bonds. The quantitative estimate of drug-likeness (QED) is 0.579. The summed E-state index contributed by atoms with van der Waals surface area (Å²) >= 11 is 0. The number of rotatable bonds is 4. The van der Waals surface area contributed by atoms with E-state index in [-0.39, 0.29) is 0 Å². The molecule has 4 heteroatoms. The smallest absolute Gasteiger partial charge is 0.409 e. The maximum absolute atomic E-state index is 11.3. The van der Waals surface area contributed by atoms with Crippen LogP contribution in [-0.2, 0) is 9.47 Å². The molecule has 0 fully saturated rings. The number of amides is 1. The van der Waals surface area contributed by atoms with Gasteiger partial charge in [-0.2, -0.15) is 0 Å². The second-order valence-electron chi connectivity index (χ2n) is 4.14. The number of carbonyl (C=O) groups excluding carboxylic acids is 1. The van der Waals surface area contributed by atoms with Crippen LogP contribution >= 0.6 is 0 Å². The van der Waals surface area contributed by atoms with Crippen molar-refractivity contribution in [2.24, 2.45) is 0 Å². The zero-order chi connectivity index (χ0) is 11.9. The Morgan fingerprint density at radius 3 is 2.47 bits per heavy atom. The fourth-order valence-corrected chi connectivity index (χ4v) is 0.869. The van der Waals surface area contributed by atoms with Crippen molar-refractivity contribution >= 4 is 6.09 Å². The summed E-state index contributed by atoms with van der Waals surface area (Å²) in [5, 5.41) is 2.59. The third-order valence-corrected chi connectivity index (χ3v) is 1.46. The lowest BCUT2D eigenvalue weighted by Crippen LogP contribution is -2.39.